The van der Waals surface area contributed by atoms with Crippen molar-refractivity contribution in [3.05, 3.63) is 58.6 Å². The average Bonchev–Trinajstić information content (AvgIpc) is 2.58. The third kappa shape index (κ3) is 5.27. The van der Waals surface area contributed by atoms with E-state index >= 15 is 0 Å². The van der Waals surface area contributed by atoms with Gasteiger partial charge in [-0.2, -0.15) is 0 Å². The fourth-order valence-electron chi connectivity index (χ4n) is 1.87. The van der Waals surface area contributed by atoms with Gasteiger partial charge in [0.25, 0.3) is 11.8 Å². The number of carbonyl (C=O) groups excluding carboxylic acids is 2. The highest BCUT2D eigenvalue weighted by atomic mass is 79.9. The second-order valence-corrected chi connectivity index (χ2v) is 6.11. The number of benzene rings is 2. The summed E-state index contributed by atoms with van der Waals surface area (Å²) >= 11 is 3.32. The van der Waals surface area contributed by atoms with E-state index in [4.69, 9.17) is 4.74 Å². The molecule has 126 valence electrons. The lowest BCUT2D eigenvalue weighted by Crippen LogP contribution is -2.43. The smallest absolute Gasteiger partial charge is 0.276 e. The van der Waals surface area contributed by atoms with Crippen LogP contribution in [0, 0.1) is 0 Å². The number of amides is 2. The molecule has 0 radical (unpaired) electrons. The van der Waals surface area contributed by atoms with Crippen molar-refractivity contribution in [3.8, 4) is 5.75 Å². The highest BCUT2D eigenvalue weighted by Crippen LogP contribution is 2.17. The molecule has 0 spiro atoms. The molecule has 24 heavy (non-hydrogen) atoms. The van der Waals surface area contributed by atoms with Crippen molar-refractivity contribution < 1.29 is 14.3 Å². The van der Waals surface area contributed by atoms with E-state index in [0.717, 1.165) is 10.2 Å². The Bertz CT molecular complexity index is 735. The van der Waals surface area contributed by atoms with Crippen LogP contribution in [0.1, 0.15) is 10.4 Å². The van der Waals surface area contributed by atoms with E-state index in [1.54, 1.807) is 36.4 Å². The Morgan fingerprint density at radius 3 is 2.54 bits per heavy atom. The topological polar surface area (TPSA) is 70.7 Å². The predicted molar refractivity (Wildman–Crippen MR) is 96.0 cm³/mol. The molecule has 2 aromatic carbocycles. The van der Waals surface area contributed by atoms with Gasteiger partial charge in [-0.1, -0.05) is 28.1 Å². The third-order valence-electron chi connectivity index (χ3n) is 3.11. The number of rotatable bonds is 5. The first-order chi connectivity index (χ1) is 11.5. The summed E-state index contributed by atoms with van der Waals surface area (Å²) in [7, 11) is 3.77. The van der Waals surface area contributed by atoms with Crippen molar-refractivity contribution in [1.29, 1.82) is 0 Å². The van der Waals surface area contributed by atoms with E-state index in [2.05, 4.69) is 26.8 Å². The molecule has 2 amide bonds. The highest BCUT2D eigenvalue weighted by Gasteiger charge is 2.09. The van der Waals surface area contributed by atoms with Gasteiger partial charge in [-0.15, -0.1) is 0 Å². The van der Waals surface area contributed by atoms with Gasteiger partial charge >= 0.3 is 0 Å². The first-order valence-electron chi connectivity index (χ1n) is 7.20. The Hall–Kier alpha value is -2.54. The van der Waals surface area contributed by atoms with Crippen molar-refractivity contribution in [2.24, 2.45) is 0 Å². The van der Waals surface area contributed by atoms with Crippen molar-refractivity contribution in [3.63, 3.8) is 0 Å². The summed E-state index contributed by atoms with van der Waals surface area (Å²) in [5.41, 5.74) is 6.04. The highest BCUT2D eigenvalue weighted by molar-refractivity contribution is 9.10. The molecule has 2 aromatic rings. The minimum atomic E-state index is -0.452. The largest absolute Gasteiger partial charge is 0.484 e. The van der Waals surface area contributed by atoms with Crippen LogP contribution in [-0.2, 0) is 4.79 Å². The number of hydrogen-bond acceptors (Lipinski definition) is 4. The molecule has 0 bridgehead atoms. The number of nitrogens with one attached hydrogen (secondary N) is 2. The van der Waals surface area contributed by atoms with E-state index in [0.29, 0.717) is 11.3 Å². The van der Waals surface area contributed by atoms with Crippen molar-refractivity contribution in [2.45, 2.75) is 0 Å². The lowest BCUT2D eigenvalue weighted by Gasteiger charge is -2.13. The minimum absolute atomic E-state index is 0.200. The molecule has 0 aliphatic carbocycles. The van der Waals surface area contributed by atoms with Crippen LogP contribution in [0.4, 0.5) is 5.69 Å². The summed E-state index contributed by atoms with van der Waals surface area (Å²) in [5.74, 6) is -0.286. The summed E-state index contributed by atoms with van der Waals surface area (Å²) in [5, 5.41) is 0. The average molecular weight is 392 g/mol. The summed E-state index contributed by atoms with van der Waals surface area (Å²) in [6.45, 7) is -0.200. The van der Waals surface area contributed by atoms with Gasteiger partial charge in [-0.05, 0) is 36.4 Å². The normalized spacial score (nSPS) is 9.96. The monoisotopic (exact) mass is 391 g/mol. The van der Waals surface area contributed by atoms with Crippen molar-refractivity contribution in [2.75, 3.05) is 25.6 Å². The SMILES string of the molecule is CN(C)c1cccc(C(=O)NNC(=O)COc2cccc(Br)c2)c1. The Labute approximate surface area is 148 Å². The molecule has 0 aliphatic heterocycles. The fourth-order valence-corrected chi connectivity index (χ4v) is 2.24. The fraction of sp³-hybridized carbons (Fsp3) is 0.176. The van der Waals surface area contributed by atoms with Gasteiger partial charge in [0.2, 0.25) is 0 Å². The predicted octanol–water partition coefficient (Wildman–Crippen LogP) is 2.36. The van der Waals surface area contributed by atoms with Gasteiger partial charge in [0, 0.05) is 29.8 Å². The zero-order chi connectivity index (χ0) is 17.5. The molecular weight excluding hydrogens is 374 g/mol. The van der Waals surface area contributed by atoms with Crippen LogP contribution in [0.2, 0.25) is 0 Å². The third-order valence-corrected chi connectivity index (χ3v) is 3.60. The molecule has 2 N–H and O–H groups in total. The molecule has 2 rings (SSSR count). The molecule has 0 saturated carbocycles. The van der Waals surface area contributed by atoms with Gasteiger partial charge in [-0.3, -0.25) is 20.4 Å². The van der Waals surface area contributed by atoms with Crippen molar-refractivity contribution in [1.82, 2.24) is 10.9 Å². The molecule has 0 aromatic heterocycles. The molecule has 7 heteroatoms. The number of hydrogen-bond donors (Lipinski definition) is 2. The second kappa shape index (κ2) is 8.35. The van der Waals surface area contributed by atoms with Crippen LogP contribution in [0.3, 0.4) is 0 Å². The van der Waals surface area contributed by atoms with E-state index in [9.17, 15) is 9.59 Å². The first kappa shape index (κ1) is 17.8. The molecule has 0 heterocycles. The number of carbonyl (C=O) groups is 2. The zero-order valence-electron chi connectivity index (χ0n) is 13.4. The Kier molecular flexibility index (Phi) is 6.20. The first-order valence-corrected chi connectivity index (χ1v) is 8.00. The standard InChI is InChI=1S/C17H18BrN3O3/c1-21(2)14-7-3-5-12(9-14)17(23)20-19-16(22)11-24-15-8-4-6-13(18)10-15/h3-10H,11H2,1-2H3,(H,19,22)(H,20,23). The quantitative estimate of drug-likeness (QED) is 0.767. The Morgan fingerprint density at radius 1 is 1.08 bits per heavy atom. The number of halogens is 1. The van der Waals surface area contributed by atoms with Gasteiger partial charge in [-0.25, -0.2) is 0 Å². The minimum Gasteiger partial charge on any atom is -0.484 e. The van der Waals surface area contributed by atoms with Gasteiger partial charge in [0.1, 0.15) is 5.75 Å². The summed E-state index contributed by atoms with van der Waals surface area (Å²) in [6.07, 6.45) is 0. The van der Waals surface area contributed by atoms with Crippen LogP contribution in [-0.4, -0.2) is 32.5 Å². The molecular formula is C17H18BrN3O3. The van der Waals surface area contributed by atoms with Crippen LogP contribution in [0.15, 0.2) is 53.0 Å². The van der Waals surface area contributed by atoms with Gasteiger partial charge in [0.15, 0.2) is 6.61 Å². The van der Waals surface area contributed by atoms with E-state index in [1.807, 2.05) is 31.1 Å². The summed E-state index contributed by atoms with van der Waals surface area (Å²) < 4.78 is 6.19. The van der Waals surface area contributed by atoms with Crippen LogP contribution in [0.5, 0.6) is 5.75 Å². The molecule has 0 aliphatic rings. The van der Waals surface area contributed by atoms with Crippen LogP contribution < -0.4 is 20.5 Å². The van der Waals surface area contributed by atoms with Crippen LogP contribution >= 0.6 is 15.9 Å². The van der Waals surface area contributed by atoms with E-state index in [1.165, 1.54) is 0 Å². The lowest BCUT2D eigenvalue weighted by molar-refractivity contribution is -0.123. The number of ether oxygens (including phenoxy) is 1. The number of anilines is 1. The van der Waals surface area contributed by atoms with E-state index in [-0.39, 0.29) is 6.61 Å². The molecule has 0 saturated heterocycles. The summed E-state index contributed by atoms with van der Waals surface area (Å²) in [6, 6.07) is 14.2. The van der Waals surface area contributed by atoms with Gasteiger partial charge in [0.05, 0.1) is 0 Å². The Balaban J connectivity index is 1.83. The van der Waals surface area contributed by atoms with Gasteiger partial charge < -0.3 is 9.64 Å². The lowest BCUT2D eigenvalue weighted by atomic mass is 10.2. The van der Waals surface area contributed by atoms with Crippen molar-refractivity contribution >= 4 is 33.4 Å². The molecule has 0 fully saturated rings. The molecule has 0 atom stereocenters. The van der Waals surface area contributed by atoms with Crippen LogP contribution in [0.25, 0.3) is 0 Å². The molecule has 0 unspecified atom stereocenters. The second-order valence-electron chi connectivity index (χ2n) is 5.19. The van der Waals surface area contributed by atoms with E-state index < -0.39 is 11.8 Å². The maximum absolute atomic E-state index is 12.1. The zero-order valence-corrected chi connectivity index (χ0v) is 15.0. The number of hydrazine groups is 1. The summed E-state index contributed by atoms with van der Waals surface area (Å²) in [4.78, 5) is 25.7. The molecule has 6 nitrogen and oxygen atoms in total. The Morgan fingerprint density at radius 2 is 1.83 bits per heavy atom. The number of nitrogens with zero attached hydrogens (tertiary/aromatic N) is 1. The maximum atomic E-state index is 12.1. The maximum Gasteiger partial charge on any atom is 0.276 e.